The molecule has 0 radical (unpaired) electrons. The molecule has 1 atom stereocenters. The van der Waals surface area contributed by atoms with Gasteiger partial charge in [0.05, 0.1) is 11.3 Å². The fourth-order valence-corrected chi connectivity index (χ4v) is 2.70. The predicted octanol–water partition coefficient (Wildman–Crippen LogP) is 1.93. The average molecular weight is 384 g/mol. The lowest BCUT2D eigenvalue weighted by Gasteiger charge is -2.19. The van der Waals surface area contributed by atoms with Crippen molar-refractivity contribution in [3.8, 4) is 17.2 Å². The highest BCUT2D eigenvalue weighted by Gasteiger charge is 2.23. The van der Waals surface area contributed by atoms with E-state index in [0.717, 1.165) is 0 Å². The lowest BCUT2D eigenvalue weighted by molar-refractivity contribution is -0.123. The van der Waals surface area contributed by atoms with E-state index in [1.165, 1.54) is 19.1 Å². The number of benzene rings is 2. The van der Waals surface area contributed by atoms with Crippen LogP contribution < -0.4 is 24.8 Å². The highest BCUT2D eigenvalue weighted by atomic mass is 16.7. The van der Waals surface area contributed by atoms with Gasteiger partial charge in [-0.3, -0.25) is 9.59 Å². The average Bonchev–Trinajstić information content (AvgIpc) is 3.15. The molecule has 9 heteroatoms. The van der Waals surface area contributed by atoms with Crippen LogP contribution in [0.2, 0.25) is 0 Å². The molecule has 2 N–H and O–H groups in total. The Balaban J connectivity index is 1.39. The van der Waals surface area contributed by atoms with Gasteiger partial charge in [-0.1, -0.05) is 0 Å². The van der Waals surface area contributed by atoms with Gasteiger partial charge in [-0.05, 0) is 37.3 Å². The van der Waals surface area contributed by atoms with Gasteiger partial charge in [0.1, 0.15) is 5.75 Å². The van der Waals surface area contributed by atoms with Crippen LogP contribution >= 0.6 is 0 Å². The molecule has 2 aromatic carbocycles. The number of nitrogens with one attached hydrogen (secondary N) is 2. The van der Waals surface area contributed by atoms with Crippen molar-refractivity contribution in [1.82, 2.24) is 0 Å². The predicted molar refractivity (Wildman–Crippen MR) is 96.6 cm³/mol. The summed E-state index contributed by atoms with van der Waals surface area (Å²) in [7, 11) is 0. The van der Waals surface area contributed by atoms with Crippen LogP contribution in [0.5, 0.6) is 17.2 Å². The first-order valence-corrected chi connectivity index (χ1v) is 8.48. The molecule has 2 amide bonds. The van der Waals surface area contributed by atoms with Crippen molar-refractivity contribution in [2.45, 2.75) is 13.0 Å². The normalized spacial score (nSPS) is 15.0. The van der Waals surface area contributed by atoms with Crippen molar-refractivity contribution >= 4 is 29.2 Å². The fourth-order valence-electron chi connectivity index (χ4n) is 2.70. The molecule has 0 fully saturated rings. The Kier molecular flexibility index (Phi) is 4.48. The SMILES string of the molecule is C[C@@H](OC(=O)c1ccc2c(c1)OCC(=O)N2)C(=O)Nc1ccc2c(c1)OCO2. The number of carbonyl (C=O) groups excluding carboxylic acids is 3. The van der Waals surface area contributed by atoms with Crippen LogP contribution in [0.1, 0.15) is 17.3 Å². The standard InChI is InChI=1S/C19H16N2O7/c1-10(18(23)20-12-3-5-14-16(7-12)27-9-26-14)28-19(24)11-2-4-13-15(6-11)25-8-17(22)21-13/h2-7,10H,8-9H2,1H3,(H,20,23)(H,21,22)/t10-/m1/s1. The van der Waals surface area contributed by atoms with Crippen molar-refractivity contribution in [3.63, 3.8) is 0 Å². The summed E-state index contributed by atoms with van der Waals surface area (Å²) in [6, 6.07) is 9.46. The molecule has 4 rings (SSSR count). The number of hydrogen-bond acceptors (Lipinski definition) is 7. The molecular weight excluding hydrogens is 368 g/mol. The number of carbonyl (C=O) groups is 3. The topological polar surface area (TPSA) is 112 Å². The number of amides is 2. The first kappa shape index (κ1) is 17.7. The largest absolute Gasteiger partial charge is 0.482 e. The lowest BCUT2D eigenvalue weighted by atomic mass is 10.1. The third-order valence-electron chi connectivity index (χ3n) is 4.14. The molecule has 2 aliphatic heterocycles. The Hall–Kier alpha value is -3.75. The first-order chi connectivity index (χ1) is 13.5. The summed E-state index contributed by atoms with van der Waals surface area (Å²) in [5.41, 5.74) is 1.18. The van der Waals surface area contributed by atoms with Crippen LogP contribution in [0, 0.1) is 0 Å². The van der Waals surface area contributed by atoms with Crippen LogP contribution in [-0.2, 0) is 14.3 Å². The van der Waals surface area contributed by atoms with Gasteiger partial charge in [-0.2, -0.15) is 0 Å². The summed E-state index contributed by atoms with van der Waals surface area (Å²) in [5.74, 6) is 0.0559. The summed E-state index contributed by atoms with van der Waals surface area (Å²) in [5, 5.41) is 5.29. The maximum absolute atomic E-state index is 12.3. The molecule has 0 unspecified atom stereocenters. The van der Waals surface area contributed by atoms with Crippen LogP contribution in [0.4, 0.5) is 11.4 Å². The zero-order valence-corrected chi connectivity index (χ0v) is 14.8. The van der Waals surface area contributed by atoms with E-state index in [-0.39, 0.29) is 24.9 Å². The second-order valence-electron chi connectivity index (χ2n) is 6.15. The van der Waals surface area contributed by atoms with Crippen molar-refractivity contribution in [1.29, 1.82) is 0 Å². The minimum atomic E-state index is -1.03. The number of esters is 1. The molecule has 2 aliphatic rings. The van der Waals surface area contributed by atoms with Gasteiger partial charge >= 0.3 is 5.97 Å². The Labute approximate surface area is 159 Å². The number of fused-ring (bicyclic) bond motifs is 2. The summed E-state index contributed by atoms with van der Waals surface area (Å²) < 4.78 is 21.0. The molecule has 0 aromatic heterocycles. The van der Waals surface area contributed by atoms with Gasteiger partial charge in [-0.15, -0.1) is 0 Å². The smallest absolute Gasteiger partial charge is 0.339 e. The van der Waals surface area contributed by atoms with Crippen LogP contribution in [-0.4, -0.2) is 37.3 Å². The lowest BCUT2D eigenvalue weighted by Crippen LogP contribution is -2.30. The van der Waals surface area contributed by atoms with Crippen molar-refractivity contribution < 1.29 is 33.3 Å². The van der Waals surface area contributed by atoms with E-state index in [0.29, 0.717) is 28.6 Å². The maximum atomic E-state index is 12.3. The van der Waals surface area contributed by atoms with E-state index in [1.807, 2.05) is 0 Å². The summed E-state index contributed by atoms with van der Waals surface area (Å²) in [6.45, 7) is 1.48. The molecule has 28 heavy (non-hydrogen) atoms. The van der Waals surface area contributed by atoms with Gasteiger partial charge in [0.2, 0.25) is 6.79 Å². The Morgan fingerprint density at radius 3 is 2.75 bits per heavy atom. The number of hydrogen-bond donors (Lipinski definition) is 2. The molecule has 0 aliphatic carbocycles. The van der Waals surface area contributed by atoms with Crippen molar-refractivity contribution in [2.75, 3.05) is 24.0 Å². The monoisotopic (exact) mass is 384 g/mol. The van der Waals surface area contributed by atoms with Gasteiger partial charge in [0.25, 0.3) is 11.8 Å². The first-order valence-electron chi connectivity index (χ1n) is 8.48. The minimum absolute atomic E-state index is 0.125. The highest BCUT2D eigenvalue weighted by molar-refractivity contribution is 5.99. The summed E-state index contributed by atoms with van der Waals surface area (Å²) >= 11 is 0. The number of anilines is 2. The third kappa shape index (κ3) is 3.54. The molecular formula is C19H16N2O7. The van der Waals surface area contributed by atoms with E-state index in [9.17, 15) is 14.4 Å². The van der Waals surface area contributed by atoms with Gasteiger partial charge in [0.15, 0.2) is 24.2 Å². The van der Waals surface area contributed by atoms with E-state index in [1.54, 1.807) is 24.3 Å². The summed E-state index contributed by atoms with van der Waals surface area (Å²) in [6.07, 6.45) is -1.03. The molecule has 0 spiro atoms. The zero-order chi connectivity index (χ0) is 19.7. The van der Waals surface area contributed by atoms with Crippen LogP contribution in [0.25, 0.3) is 0 Å². The third-order valence-corrected chi connectivity index (χ3v) is 4.14. The molecule has 144 valence electrons. The second-order valence-corrected chi connectivity index (χ2v) is 6.15. The van der Waals surface area contributed by atoms with E-state index in [4.69, 9.17) is 18.9 Å². The molecule has 0 saturated heterocycles. The zero-order valence-electron chi connectivity index (χ0n) is 14.8. The second kappa shape index (κ2) is 7.10. The van der Waals surface area contributed by atoms with Gasteiger partial charge in [-0.25, -0.2) is 4.79 Å². The van der Waals surface area contributed by atoms with Crippen LogP contribution in [0.15, 0.2) is 36.4 Å². The van der Waals surface area contributed by atoms with E-state index >= 15 is 0 Å². The quantitative estimate of drug-likeness (QED) is 0.775. The number of ether oxygens (including phenoxy) is 4. The molecule has 0 bridgehead atoms. The maximum Gasteiger partial charge on any atom is 0.339 e. The Morgan fingerprint density at radius 1 is 1.07 bits per heavy atom. The van der Waals surface area contributed by atoms with E-state index < -0.39 is 18.0 Å². The highest BCUT2D eigenvalue weighted by Crippen LogP contribution is 2.34. The van der Waals surface area contributed by atoms with Crippen molar-refractivity contribution in [2.24, 2.45) is 0 Å². The molecule has 0 saturated carbocycles. The van der Waals surface area contributed by atoms with E-state index in [2.05, 4.69) is 10.6 Å². The summed E-state index contributed by atoms with van der Waals surface area (Å²) in [4.78, 5) is 35.9. The van der Waals surface area contributed by atoms with Gasteiger partial charge in [0, 0.05) is 11.8 Å². The number of rotatable bonds is 4. The Bertz CT molecular complexity index is 973. The fraction of sp³-hybridized carbons (Fsp3) is 0.211. The van der Waals surface area contributed by atoms with Gasteiger partial charge < -0.3 is 29.6 Å². The van der Waals surface area contributed by atoms with Crippen molar-refractivity contribution in [3.05, 3.63) is 42.0 Å². The molecule has 2 aromatic rings. The molecule has 2 heterocycles. The Morgan fingerprint density at radius 2 is 1.89 bits per heavy atom. The molecule has 9 nitrogen and oxygen atoms in total. The minimum Gasteiger partial charge on any atom is -0.482 e. The van der Waals surface area contributed by atoms with Crippen LogP contribution in [0.3, 0.4) is 0 Å².